The van der Waals surface area contributed by atoms with Gasteiger partial charge in [-0.05, 0) is 43.5 Å². The molecule has 0 radical (unpaired) electrons. The Balaban J connectivity index is 1.58. The number of benzene rings is 1. The number of ether oxygens (including phenoxy) is 1. The Hall–Kier alpha value is -2.61. The number of nitrogens with one attached hydrogen (secondary N) is 2. The van der Waals surface area contributed by atoms with Crippen LogP contribution in [0, 0.1) is 5.92 Å². The molecule has 0 aliphatic carbocycles. The molecule has 2 N–H and O–H groups in total. The summed E-state index contributed by atoms with van der Waals surface area (Å²) in [5.41, 5.74) is 0.740. The largest absolute Gasteiger partial charge is 0.378 e. The average molecular weight is 388 g/mol. The molecule has 3 rings (SSSR count). The molecule has 28 heavy (non-hydrogen) atoms. The van der Waals surface area contributed by atoms with Gasteiger partial charge in [-0.2, -0.15) is 0 Å². The minimum atomic E-state index is -0.953. The van der Waals surface area contributed by atoms with Gasteiger partial charge in [-0.25, -0.2) is 4.79 Å². The summed E-state index contributed by atoms with van der Waals surface area (Å²) in [4.78, 5) is 40.4. The van der Waals surface area contributed by atoms with E-state index in [0.29, 0.717) is 25.3 Å². The number of urea groups is 1. The number of hydrogen-bond donors (Lipinski definition) is 2. The number of nitrogens with zero attached hydrogens (tertiary/aromatic N) is 2. The van der Waals surface area contributed by atoms with E-state index in [1.807, 2.05) is 38.1 Å². The van der Waals surface area contributed by atoms with E-state index in [9.17, 15) is 14.4 Å². The lowest BCUT2D eigenvalue weighted by Crippen LogP contribution is -2.45. The average Bonchev–Trinajstić information content (AvgIpc) is 2.85. The number of carbonyl (C=O) groups is 3. The van der Waals surface area contributed by atoms with Crippen LogP contribution >= 0.6 is 0 Å². The van der Waals surface area contributed by atoms with Crippen molar-refractivity contribution in [1.82, 2.24) is 10.2 Å². The fourth-order valence-corrected chi connectivity index (χ4v) is 3.77. The van der Waals surface area contributed by atoms with Crippen LogP contribution in [-0.2, 0) is 14.3 Å². The van der Waals surface area contributed by atoms with Crippen molar-refractivity contribution in [1.29, 1.82) is 0 Å². The molecule has 8 nitrogen and oxygen atoms in total. The van der Waals surface area contributed by atoms with Gasteiger partial charge in [0, 0.05) is 24.5 Å². The fourth-order valence-electron chi connectivity index (χ4n) is 3.77. The minimum absolute atomic E-state index is 0.244. The molecular weight excluding hydrogens is 360 g/mol. The zero-order chi connectivity index (χ0) is 20.3. The molecular formula is C20H28N4O4. The van der Waals surface area contributed by atoms with Crippen LogP contribution in [0.4, 0.5) is 16.2 Å². The van der Waals surface area contributed by atoms with Gasteiger partial charge >= 0.3 is 6.03 Å². The van der Waals surface area contributed by atoms with Crippen LogP contribution in [0.5, 0.6) is 0 Å². The Bertz CT molecular complexity index is 743. The van der Waals surface area contributed by atoms with Crippen molar-refractivity contribution >= 4 is 29.2 Å². The molecule has 1 atom stereocenters. The van der Waals surface area contributed by atoms with E-state index in [1.54, 1.807) is 6.92 Å². The normalized spacial score (nSPS) is 22.6. The standard InChI is InChI=1S/C20H28N4O4/c1-14(2)12-20(3)18(26)24(19(27)22-20)13-17(25)21-15-4-6-16(7-5-15)23-8-10-28-11-9-23/h4-7,14H,8-13H2,1-3H3,(H,21,25)(H,22,27)/t20-/m0/s1. The number of hydrogen-bond acceptors (Lipinski definition) is 5. The van der Waals surface area contributed by atoms with E-state index in [1.165, 1.54) is 0 Å². The highest BCUT2D eigenvalue weighted by molar-refractivity contribution is 6.09. The molecule has 4 amide bonds. The highest BCUT2D eigenvalue weighted by atomic mass is 16.5. The van der Waals surface area contributed by atoms with Gasteiger partial charge in [-0.3, -0.25) is 14.5 Å². The third-order valence-corrected chi connectivity index (χ3v) is 4.99. The summed E-state index contributed by atoms with van der Waals surface area (Å²) in [5, 5.41) is 5.47. The fraction of sp³-hybridized carbons (Fsp3) is 0.550. The van der Waals surface area contributed by atoms with Gasteiger partial charge in [0.15, 0.2) is 0 Å². The minimum Gasteiger partial charge on any atom is -0.378 e. The number of imide groups is 1. The van der Waals surface area contributed by atoms with Gasteiger partial charge in [0.25, 0.3) is 5.91 Å². The van der Waals surface area contributed by atoms with Crippen molar-refractivity contribution in [2.45, 2.75) is 32.7 Å². The van der Waals surface area contributed by atoms with Crippen molar-refractivity contribution < 1.29 is 19.1 Å². The second-order valence-electron chi connectivity index (χ2n) is 7.95. The monoisotopic (exact) mass is 388 g/mol. The lowest BCUT2D eigenvalue weighted by molar-refractivity contribution is -0.133. The van der Waals surface area contributed by atoms with Gasteiger partial charge in [-0.15, -0.1) is 0 Å². The number of morpholine rings is 1. The maximum atomic E-state index is 12.6. The Morgan fingerprint density at radius 1 is 1.21 bits per heavy atom. The van der Waals surface area contributed by atoms with E-state index in [2.05, 4.69) is 15.5 Å². The number of amides is 4. The summed E-state index contributed by atoms with van der Waals surface area (Å²) in [7, 11) is 0. The summed E-state index contributed by atoms with van der Waals surface area (Å²) < 4.78 is 5.35. The van der Waals surface area contributed by atoms with Crippen LogP contribution in [-0.4, -0.2) is 61.1 Å². The van der Waals surface area contributed by atoms with Crippen molar-refractivity contribution in [3.8, 4) is 0 Å². The first-order chi connectivity index (χ1) is 13.3. The molecule has 2 saturated heterocycles. The highest BCUT2D eigenvalue weighted by Gasteiger charge is 2.48. The molecule has 0 saturated carbocycles. The maximum absolute atomic E-state index is 12.6. The van der Waals surface area contributed by atoms with Gasteiger partial charge in [0.2, 0.25) is 5.91 Å². The molecule has 0 aromatic heterocycles. The second-order valence-corrected chi connectivity index (χ2v) is 7.95. The SMILES string of the molecule is CC(C)C[C@]1(C)NC(=O)N(CC(=O)Nc2ccc(N3CCOCC3)cc2)C1=O. The molecule has 8 heteroatoms. The number of carbonyl (C=O) groups excluding carboxylic acids is 3. The summed E-state index contributed by atoms with van der Waals surface area (Å²) in [5.74, 6) is -0.520. The quantitative estimate of drug-likeness (QED) is 0.726. The van der Waals surface area contributed by atoms with Crippen molar-refractivity contribution in [3.63, 3.8) is 0 Å². The molecule has 0 spiro atoms. The van der Waals surface area contributed by atoms with Crippen LogP contribution in [0.2, 0.25) is 0 Å². The first-order valence-corrected chi connectivity index (χ1v) is 9.65. The predicted octanol–water partition coefficient (Wildman–Crippen LogP) is 1.82. The van der Waals surface area contributed by atoms with Gasteiger partial charge in [0.05, 0.1) is 13.2 Å². The Morgan fingerprint density at radius 3 is 2.46 bits per heavy atom. The van der Waals surface area contributed by atoms with Crippen LogP contribution in [0.15, 0.2) is 24.3 Å². The summed E-state index contributed by atoms with van der Waals surface area (Å²) in [6.45, 7) is 8.47. The third kappa shape index (κ3) is 4.44. The summed E-state index contributed by atoms with van der Waals surface area (Å²) >= 11 is 0. The van der Waals surface area contributed by atoms with Crippen LogP contribution in [0.3, 0.4) is 0 Å². The van der Waals surface area contributed by atoms with Crippen molar-refractivity contribution in [2.24, 2.45) is 5.92 Å². The maximum Gasteiger partial charge on any atom is 0.325 e. The van der Waals surface area contributed by atoms with E-state index in [4.69, 9.17) is 4.74 Å². The zero-order valence-corrected chi connectivity index (χ0v) is 16.7. The smallest absolute Gasteiger partial charge is 0.325 e. The van der Waals surface area contributed by atoms with E-state index in [-0.39, 0.29) is 18.4 Å². The third-order valence-electron chi connectivity index (χ3n) is 4.99. The molecule has 2 fully saturated rings. The van der Waals surface area contributed by atoms with Gasteiger partial charge in [0.1, 0.15) is 12.1 Å². The number of anilines is 2. The molecule has 2 aliphatic heterocycles. The lowest BCUT2D eigenvalue weighted by Gasteiger charge is -2.28. The van der Waals surface area contributed by atoms with Crippen LogP contribution in [0.25, 0.3) is 0 Å². The molecule has 1 aromatic carbocycles. The number of rotatable bonds is 6. The lowest BCUT2D eigenvalue weighted by atomic mass is 9.91. The van der Waals surface area contributed by atoms with Gasteiger partial charge < -0.3 is 20.3 Å². The summed E-state index contributed by atoms with van der Waals surface area (Å²) in [6.07, 6.45) is 0.526. The van der Waals surface area contributed by atoms with E-state index < -0.39 is 17.5 Å². The Morgan fingerprint density at radius 2 is 1.86 bits per heavy atom. The molecule has 152 valence electrons. The molecule has 2 heterocycles. The topological polar surface area (TPSA) is 91.0 Å². The zero-order valence-electron chi connectivity index (χ0n) is 16.7. The Kier molecular flexibility index (Phi) is 5.88. The molecule has 1 aromatic rings. The van der Waals surface area contributed by atoms with Gasteiger partial charge in [-0.1, -0.05) is 13.8 Å². The summed E-state index contributed by atoms with van der Waals surface area (Å²) in [6, 6.07) is 6.99. The highest BCUT2D eigenvalue weighted by Crippen LogP contribution is 2.25. The van der Waals surface area contributed by atoms with Crippen molar-refractivity contribution in [2.75, 3.05) is 43.1 Å². The van der Waals surface area contributed by atoms with E-state index >= 15 is 0 Å². The predicted molar refractivity (Wildman–Crippen MR) is 106 cm³/mol. The molecule has 2 aliphatic rings. The Labute approximate surface area is 165 Å². The first-order valence-electron chi connectivity index (χ1n) is 9.65. The van der Waals surface area contributed by atoms with Crippen LogP contribution < -0.4 is 15.5 Å². The first kappa shape index (κ1) is 20.1. The van der Waals surface area contributed by atoms with Crippen molar-refractivity contribution in [3.05, 3.63) is 24.3 Å². The molecule has 0 bridgehead atoms. The molecule has 0 unspecified atom stereocenters. The van der Waals surface area contributed by atoms with E-state index in [0.717, 1.165) is 23.7 Å². The second kappa shape index (κ2) is 8.18. The van der Waals surface area contributed by atoms with Crippen LogP contribution in [0.1, 0.15) is 27.2 Å².